The maximum Gasteiger partial charge on any atom is 0.333 e. The smallest absolute Gasteiger partial charge is 0.333 e. The summed E-state index contributed by atoms with van der Waals surface area (Å²) in [6.45, 7) is 5.45. The predicted octanol–water partition coefficient (Wildman–Crippen LogP) is 2.55. The minimum atomic E-state index is -0.265. The van der Waals surface area contributed by atoms with Gasteiger partial charge in [0.25, 0.3) is 0 Å². The van der Waals surface area contributed by atoms with E-state index in [1.807, 2.05) is 13.1 Å². The molecule has 0 unspecified atom stereocenters. The number of methoxy groups -OCH3 is 1. The summed E-state index contributed by atoms with van der Waals surface area (Å²) in [6, 6.07) is 8.48. The summed E-state index contributed by atoms with van der Waals surface area (Å²) in [5, 5.41) is 0. The number of hydrogen-bond acceptors (Lipinski definition) is 3. The van der Waals surface area contributed by atoms with Crippen molar-refractivity contribution in [2.45, 2.75) is 20.4 Å². The van der Waals surface area contributed by atoms with E-state index in [9.17, 15) is 4.79 Å². The maximum atomic E-state index is 11.2. The number of carbonyl (C=O) groups excluding carboxylic acids is 1. The van der Waals surface area contributed by atoms with Gasteiger partial charge in [0.15, 0.2) is 0 Å². The quantitative estimate of drug-likeness (QED) is 0.591. The Hall–Kier alpha value is -1.61. The Morgan fingerprint density at radius 3 is 2.50 bits per heavy atom. The van der Waals surface area contributed by atoms with Gasteiger partial charge in [-0.2, -0.15) is 0 Å². The van der Waals surface area contributed by atoms with Crippen LogP contribution in [0.2, 0.25) is 0 Å². The molecule has 0 aromatic heterocycles. The Bertz CT molecular complexity index is 421. The summed E-state index contributed by atoms with van der Waals surface area (Å²) in [5.74, 6) is -0.265. The number of esters is 1. The van der Waals surface area contributed by atoms with Crippen molar-refractivity contribution < 1.29 is 9.53 Å². The fraction of sp³-hybridized carbons (Fsp3) is 0.400. The molecule has 3 heteroatoms. The molecule has 18 heavy (non-hydrogen) atoms. The molecule has 0 bridgehead atoms. The van der Waals surface area contributed by atoms with Crippen LogP contribution in [0.15, 0.2) is 35.9 Å². The predicted molar refractivity (Wildman–Crippen MR) is 73.3 cm³/mol. The number of likely N-dealkylation sites (N-methyl/N-ethyl adjacent to an activating group) is 1. The van der Waals surface area contributed by atoms with Crippen molar-refractivity contribution in [3.05, 3.63) is 47.0 Å². The minimum Gasteiger partial charge on any atom is -0.466 e. The average Bonchev–Trinajstić information content (AvgIpc) is 2.37. The monoisotopic (exact) mass is 247 g/mol. The number of rotatable bonds is 5. The van der Waals surface area contributed by atoms with E-state index in [0.717, 1.165) is 13.1 Å². The minimum absolute atomic E-state index is 0.265. The molecule has 0 spiro atoms. The van der Waals surface area contributed by atoms with Gasteiger partial charge in [-0.1, -0.05) is 35.9 Å². The molecule has 0 atom stereocenters. The van der Waals surface area contributed by atoms with E-state index in [-0.39, 0.29) is 5.97 Å². The normalized spacial score (nSPS) is 11.7. The highest BCUT2D eigenvalue weighted by Crippen LogP contribution is 2.06. The molecule has 0 aliphatic rings. The van der Waals surface area contributed by atoms with Crippen LogP contribution in [0.25, 0.3) is 0 Å². The van der Waals surface area contributed by atoms with Gasteiger partial charge in [0.1, 0.15) is 0 Å². The average molecular weight is 247 g/mol. The van der Waals surface area contributed by atoms with E-state index in [2.05, 4.69) is 40.8 Å². The topological polar surface area (TPSA) is 29.5 Å². The number of hydrogen-bond donors (Lipinski definition) is 0. The van der Waals surface area contributed by atoms with Gasteiger partial charge in [0, 0.05) is 18.7 Å². The lowest BCUT2D eigenvalue weighted by Gasteiger charge is -2.15. The zero-order valence-electron chi connectivity index (χ0n) is 11.6. The molecule has 1 aromatic rings. The molecule has 0 aliphatic heterocycles. The third-order valence-electron chi connectivity index (χ3n) is 2.79. The first-order valence-electron chi connectivity index (χ1n) is 6.02. The van der Waals surface area contributed by atoms with Crippen LogP contribution in [0.1, 0.15) is 18.1 Å². The van der Waals surface area contributed by atoms with Gasteiger partial charge in [-0.25, -0.2) is 4.79 Å². The summed E-state index contributed by atoms with van der Waals surface area (Å²) < 4.78 is 4.65. The molecule has 0 aliphatic carbocycles. The van der Waals surface area contributed by atoms with Gasteiger partial charge in [0.2, 0.25) is 0 Å². The van der Waals surface area contributed by atoms with Gasteiger partial charge in [-0.3, -0.25) is 4.90 Å². The van der Waals surface area contributed by atoms with Crippen molar-refractivity contribution >= 4 is 5.97 Å². The number of benzene rings is 1. The Labute approximate surface area is 109 Å². The van der Waals surface area contributed by atoms with Crippen LogP contribution in [0.4, 0.5) is 0 Å². The van der Waals surface area contributed by atoms with Crippen LogP contribution in [-0.4, -0.2) is 31.6 Å². The summed E-state index contributed by atoms with van der Waals surface area (Å²) in [4.78, 5) is 13.4. The molecular weight excluding hydrogens is 226 g/mol. The molecule has 98 valence electrons. The van der Waals surface area contributed by atoms with Crippen LogP contribution in [0, 0.1) is 6.92 Å². The molecule has 0 N–H and O–H groups in total. The number of carbonyl (C=O) groups is 1. The van der Waals surface area contributed by atoms with Crippen LogP contribution in [-0.2, 0) is 16.1 Å². The van der Waals surface area contributed by atoms with Gasteiger partial charge < -0.3 is 4.74 Å². The SMILES string of the molecule is COC(=O)C(C)=CCN(C)Cc1ccc(C)cc1. The highest BCUT2D eigenvalue weighted by molar-refractivity contribution is 5.87. The molecule has 0 heterocycles. The van der Waals surface area contributed by atoms with Crippen molar-refractivity contribution in [2.75, 3.05) is 20.7 Å². The van der Waals surface area contributed by atoms with E-state index in [0.29, 0.717) is 5.57 Å². The van der Waals surface area contributed by atoms with Crippen molar-refractivity contribution in [2.24, 2.45) is 0 Å². The van der Waals surface area contributed by atoms with Crippen LogP contribution < -0.4 is 0 Å². The fourth-order valence-electron chi connectivity index (χ4n) is 1.61. The Morgan fingerprint density at radius 2 is 1.94 bits per heavy atom. The lowest BCUT2D eigenvalue weighted by Crippen LogP contribution is -2.18. The molecule has 0 amide bonds. The Kier molecular flexibility index (Phi) is 5.59. The first-order valence-corrected chi connectivity index (χ1v) is 6.02. The molecule has 0 fully saturated rings. The first-order chi connectivity index (χ1) is 8.52. The third kappa shape index (κ3) is 4.72. The zero-order chi connectivity index (χ0) is 13.5. The zero-order valence-corrected chi connectivity index (χ0v) is 11.6. The highest BCUT2D eigenvalue weighted by atomic mass is 16.5. The van der Waals surface area contributed by atoms with E-state index in [1.54, 1.807) is 6.92 Å². The summed E-state index contributed by atoms with van der Waals surface area (Å²) in [6.07, 6.45) is 1.89. The molecule has 1 rings (SSSR count). The molecule has 3 nitrogen and oxygen atoms in total. The van der Waals surface area contributed by atoms with E-state index in [1.165, 1.54) is 18.2 Å². The first kappa shape index (κ1) is 14.5. The maximum absolute atomic E-state index is 11.2. The van der Waals surface area contributed by atoms with E-state index >= 15 is 0 Å². The van der Waals surface area contributed by atoms with Crippen molar-refractivity contribution in [1.82, 2.24) is 4.90 Å². The summed E-state index contributed by atoms with van der Waals surface area (Å²) >= 11 is 0. The highest BCUT2D eigenvalue weighted by Gasteiger charge is 2.03. The van der Waals surface area contributed by atoms with Crippen LogP contribution in [0.3, 0.4) is 0 Å². The number of ether oxygens (including phenoxy) is 1. The lowest BCUT2D eigenvalue weighted by atomic mass is 10.1. The van der Waals surface area contributed by atoms with Crippen LogP contribution >= 0.6 is 0 Å². The summed E-state index contributed by atoms with van der Waals surface area (Å²) in [7, 11) is 3.43. The Balaban J connectivity index is 2.49. The van der Waals surface area contributed by atoms with Crippen LogP contribution in [0.5, 0.6) is 0 Å². The lowest BCUT2D eigenvalue weighted by molar-refractivity contribution is -0.136. The van der Waals surface area contributed by atoms with Crippen molar-refractivity contribution in [1.29, 1.82) is 0 Å². The molecule has 0 saturated carbocycles. The second-order valence-electron chi connectivity index (χ2n) is 4.56. The standard InChI is InChI=1S/C15H21NO2/c1-12-5-7-14(8-6-12)11-16(3)10-9-13(2)15(17)18-4/h5-9H,10-11H2,1-4H3. The van der Waals surface area contributed by atoms with E-state index < -0.39 is 0 Å². The van der Waals surface area contributed by atoms with Gasteiger partial charge in [-0.15, -0.1) is 0 Å². The molecular formula is C15H21NO2. The van der Waals surface area contributed by atoms with Gasteiger partial charge in [0.05, 0.1) is 7.11 Å². The molecule has 0 saturated heterocycles. The largest absolute Gasteiger partial charge is 0.466 e. The Morgan fingerprint density at radius 1 is 1.33 bits per heavy atom. The van der Waals surface area contributed by atoms with Gasteiger partial charge in [-0.05, 0) is 26.5 Å². The fourth-order valence-corrected chi connectivity index (χ4v) is 1.61. The third-order valence-corrected chi connectivity index (χ3v) is 2.79. The van der Waals surface area contributed by atoms with Crippen molar-refractivity contribution in [3.63, 3.8) is 0 Å². The number of nitrogens with zero attached hydrogens (tertiary/aromatic N) is 1. The van der Waals surface area contributed by atoms with Gasteiger partial charge >= 0.3 is 5.97 Å². The molecule has 0 radical (unpaired) electrons. The second-order valence-corrected chi connectivity index (χ2v) is 4.56. The molecule has 1 aromatic carbocycles. The number of aryl methyl sites for hydroxylation is 1. The summed E-state index contributed by atoms with van der Waals surface area (Å²) in [5.41, 5.74) is 3.18. The van der Waals surface area contributed by atoms with E-state index in [4.69, 9.17) is 0 Å². The second kappa shape index (κ2) is 6.97. The van der Waals surface area contributed by atoms with Crippen molar-refractivity contribution in [3.8, 4) is 0 Å².